The lowest BCUT2D eigenvalue weighted by atomic mass is 10.1. The molecule has 32 heavy (non-hydrogen) atoms. The van der Waals surface area contributed by atoms with Crippen LogP contribution < -0.4 is 9.62 Å². The van der Waals surface area contributed by atoms with Crippen LogP contribution in [0.5, 0.6) is 0 Å². The lowest BCUT2D eigenvalue weighted by molar-refractivity contribution is -0.128. The van der Waals surface area contributed by atoms with Gasteiger partial charge in [-0.05, 0) is 36.6 Å². The Morgan fingerprint density at radius 2 is 1.84 bits per heavy atom. The van der Waals surface area contributed by atoms with Gasteiger partial charge in [0.2, 0.25) is 21.8 Å². The monoisotopic (exact) mass is 465 g/mol. The third kappa shape index (κ3) is 5.42. The average molecular weight is 466 g/mol. The van der Waals surface area contributed by atoms with Gasteiger partial charge in [-0.15, -0.1) is 0 Å². The molecule has 2 aromatic rings. The molecule has 0 unspecified atom stereocenters. The van der Waals surface area contributed by atoms with E-state index in [1.807, 2.05) is 24.3 Å². The first-order valence-corrected chi connectivity index (χ1v) is 12.0. The van der Waals surface area contributed by atoms with Gasteiger partial charge < -0.3 is 10.2 Å². The summed E-state index contributed by atoms with van der Waals surface area (Å²) in [6.45, 7) is 2.61. The van der Waals surface area contributed by atoms with Gasteiger partial charge in [-0.2, -0.15) is 0 Å². The topological polar surface area (TPSA) is 86.8 Å². The first-order valence-electron chi connectivity index (χ1n) is 10.1. The Balaban J connectivity index is 1.75. The van der Waals surface area contributed by atoms with Crippen LogP contribution in [0.15, 0.2) is 42.5 Å². The summed E-state index contributed by atoms with van der Waals surface area (Å²) in [4.78, 5) is 26.5. The predicted octanol–water partition coefficient (Wildman–Crippen LogP) is 2.56. The molecular formula is C22H25F2N3O4S. The van der Waals surface area contributed by atoms with E-state index in [-0.39, 0.29) is 18.1 Å². The van der Waals surface area contributed by atoms with Crippen LogP contribution in [-0.2, 0) is 32.7 Å². The molecule has 1 aliphatic rings. The van der Waals surface area contributed by atoms with Crippen LogP contribution in [0.4, 0.5) is 14.5 Å². The van der Waals surface area contributed by atoms with E-state index in [2.05, 4.69) is 5.32 Å². The predicted molar refractivity (Wildman–Crippen MR) is 116 cm³/mol. The number of amides is 2. The molecule has 0 aromatic heterocycles. The molecule has 1 saturated heterocycles. The molecule has 1 atom stereocenters. The fourth-order valence-corrected chi connectivity index (χ4v) is 4.89. The van der Waals surface area contributed by atoms with Gasteiger partial charge in [0.15, 0.2) is 11.6 Å². The Morgan fingerprint density at radius 3 is 2.44 bits per heavy atom. The number of benzene rings is 2. The summed E-state index contributed by atoms with van der Waals surface area (Å²) in [6, 6.07) is 8.80. The zero-order valence-corrected chi connectivity index (χ0v) is 18.7. The molecule has 1 heterocycles. The van der Waals surface area contributed by atoms with E-state index in [0.29, 0.717) is 19.5 Å². The number of hydrogen-bond donors (Lipinski definition) is 1. The molecule has 2 amide bonds. The minimum Gasteiger partial charge on any atom is -0.350 e. The summed E-state index contributed by atoms with van der Waals surface area (Å²) in [5, 5.41) is 2.71. The smallest absolute Gasteiger partial charge is 0.243 e. The van der Waals surface area contributed by atoms with Crippen molar-refractivity contribution in [1.82, 2.24) is 10.2 Å². The van der Waals surface area contributed by atoms with E-state index in [9.17, 15) is 26.8 Å². The number of halogens is 2. The van der Waals surface area contributed by atoms with E-state index in [1.54, 1.807) is 4.90 Å². The van der Waals surface area contributed by atoms with Gasteiger partial charge in [0, 0.05) is 32.1 Å². The summed E-state index contributed by atoms with van der Waals surface area (Å²) >= 11 is 0. The number of likely N-dealkylation sites (tertiary alicyclic amines) is 1. The van der Waals surface area contributed by atoms with Gasteiger partial charge in [-0.1, -0.05) is 24.3 Å². The fraction of sp³-hybridized carbons (Fsp3) is 0.364. The van der Waals surface area contributed by atoms with Crippen LogP contribution in [-0.4, -0.2) is 44.0 Å². The van der Waals surface area contributed by atoms with Crippen molar-refractivity contribution in [2.45, 2.75) is 38.9 Å². The van der Waals surface area contributed by atoms with Crippen LogP contribution in [0.3, 0.4) is 0 Å². The SMILES string of the molecule is C[C@H](C(=O)NCc1ccccc1CN1CCCC1=O)N(c1ccc(F)c(F)c1)S(C)(=O)=O. The summed E-state index contributed by atoms with van der Waals surface area (Å²) < 4.78 is 52.4. The highest BCUT2D eigenvalue weighted by atomic mass is 32.2. The van der Waals surface area contributed by atoms with Crippen molar-refractivity contribution < 1.29 is 26.8 Å². The number of hydrogen-bond acceptors (Lipinski definition) is 4. The maximum Gasteiger partial charge on any atom is 0.243 e. The molecule has 1 N–H and O–H groups in total. The fourth-order valence-electron chi connectivity index (χ4n) is 3.72. The second-order valence-electron chi connectivity index (χ2n) is 7.74. The molecule has 1 aliphatic heterocycles. The van der Waals surface area contributed by atoms with Crippen molar-refractivity contribution in [1.29, 1.82) is 0 Å². The molecule has 0 aliphatic carbocycles. The van der Waals surface area contributed by atoms with Gasteiger partial charge in [-0.25, -0.2) is 17.2 Å². The number of anilines is 1. The van der Waals surface area contributed by atoms with E-state index >= 15 is 0 Å². The third-order valence-electron chi connectivity index (χ3n) is 5.35. The highest BCUT2D eigenvalue weighted by Gasteiger charge is 2.30. The zero-order valence-electron chi connectivity index (χ0n) is 17.8. The van der Waals surface area contributed by atoms with Gasteiger partial charge in [0.25, 0.3) is 0 Å². The van der Waals surface area contributed by atoms with Crippen LogP contribution in [0.25, 0.3) is 0 Å². The molecule has 172 valence electrons. The van der Waals surface area contributed by atoms with Crippen molar-refractivity contribution in [2.24, 2.45) is 0 Å². The van der Waals surface area contributed by atoms with Crippen LogP contribution in [0.2, 0.25) is 0 Å². The standard InChI is InChI=1S/C22H25F2N3O4S/c1-15(27(32(2,30)31)18-9-10-19(23)20(24)12-18)22(29)25-13-16-6-3-4-7-17(16)14-26-11-5-8-21(26)28/h3-4,6-7,9-10,12,15H,5,8,11,13-14H2,1-2H3,(H,25,29)/t15-/m1/s1. The van der Waals surface area contributed by atoms with Crippen molar-refractivity contribution >= 4 is 27.5 Å². The van der Waals surface area contributed by atoms with Gasteiger partial charge >= 0.3 is 0 Å². The third-order valence-corrected chi connectivity index (χ3v) is 6.59. The van der Waals surface area contributed by atoms with Crippen LogP contribution in [0, 0.1) is 11.6 Å². The molecule has 10 heteroatoms. The van der Waals surface area contributed by atoms with Gasteiger partial charge in [-0.3, -0.25) is 13.9 Å². The summed E-state index contributed by atoms with van der Waals surface area (Å²) in [5.41, 5.74) is 1.53. The molecule has 2 aromatic carbocycles. The van der Waals surface area contributed by atoms with E-state index in [0.717, 1.165) is 46.3 Å². The summed E-state index contributed by atoms with van der Waals surface area (Å²) in [6.07, 6.45) is 2.24. The van der Waals surface area contributed by atoms with E-state index in [4.69, 9.17) is 0 Å². The Labute approximate surface area is 186 Å². The second kappa shape index (κ2) is 9.64. The molecule has 1 fully saturated rings. The number of nitrogens with zero attached hydrogens (tertiary/aromatic N) is 2. The highest BCUT2D eigenvalue weighted by Crippen LogP contribution is 2.23. The van der Waals surface area contributed by atoms with Gasteiger partial charge in [0.05, 0.1) is 11.9 Å². The van der Waals surface area contributed by atoms with Crippen LogP contribution in [0.1, 0.15) is 30.9 Å². The minimum absolute atomic E-state index is 0.0905. The second-order valence-corrected chi connectivity index (χ2v) is 9.60. The van der Waals surface area contributed by atoms with E-state index in [1.165, 1.54) is 6.92 Å². The van der Waals surface area contributed by atoms with Crippen molar-refractivity contribution in [3.63, 3.8) is 0 Å². The number of rotatable bonds is 8. The number of sulfonamides is 1. The molecule has 0 bridgehead atoms. The molecule has 0 saturated carbocycles. The van der Waals surface area contributed by atoms with Gasteiger partial charge in [0.1, 0.15) is 6.04 Å². The highest BCUT2D eigenvalue weighted by molar-refractivity contribution is 7.92. The molecule has 0 radical (unpaired) electrons. The van der Waals surface area contributed by atoms with Crippen molar-refractivity contribution in [3.05, 3.63) is 65.2 Å². The average Bonchev–Trinajstić information content (AvgIpc) is 3.13. The quantitative estimate of drug-likeness (QED) is 0.649. The molecule has 3 rings (SSSR count). The Morgan fingerprint density at radius 1 is 1.16 bits per heavy atom. The maximum atomic E-state index is 13.7. The number of nitrogens with one attached hydrogen (secondary N) is 1. The molecular weight excluding hydrogens is 440 g/mol. The first-order chi connectivity index (χ1) is 15.1. The minimum atomic E-state index is -3.97. The number of carbonyl (C=O) groups is 2. The summed E-state index contributed by atoms with van der Waals surface area (Å²) in [5.74, 6) is -2.85. The van der Waals surface area contributed by atoms with Crippen molar-refractivity contribution in [3.8, 4) is 0 Å². The largest absolute Gasteiger partial charge is 0.350 e. The first kappa shape index (κ1) is 23.6. The van der Waals surface area contributed by atoms with Crippen LogP contribution >= 0.6 is 0 Å². The Hall–Kier alpha value is -3.01. The zero-order chi connectivity index (χ0) is 23.5. The lowest BCUT2D eigenvalue weighted by Crippen LogP contribution is -2.47. The molecule has 0 spiro atoms. The van der Waals surface area contributed by atoms with E-state index < -0.39 is 33.6 Å². The number of carbonyl (C=O) groups excluding carboxylic acids is 2. The Kier molecular flexibility index (Phi) is 7.12. The summed E-state index contributed by atoms with van der Waals surface area (Å²) in [7, 11) is -3.97. The maximum absolute atomic E-state index is 13.7. The molecule has 7 nitrogen and oxygen atoms in total. The lowest BCUT2D eigenvalue weighted by Gasteiger charge is -2.28. The Bertz CT molecular complexity index is 1120. The van der Waals surface area contributed by atoms with Crippen molar-refractivity contribution in [2.75, 3.05) is 17.1 Å². The normalized spacial score (nSPS) is 15.0.